The normalized spacial score (nSPS) is 17.5. The van der Waals surface area contributed by atoms with Gasteiger partial charge in [0.1, 0.15) is 5.82 Å². The summed E-state index contributed by atoms with van der Waals surface area (Å²) in [5.41, 5.74) is 1.30. The first-order valence-corrected chi connectivity index (χ1v) is 10.5. The van der Waals surface area contributed by atoms with Gasteiger partial charge in [0.2, 0.25) is 0 Å². The molecule has 111 valence electrons. The Morgan fingerprint density at radius 1 is 1.10 bits per heavy atom. The molecule has 0 amide bonds. The van der Waals surface area contributed by atoms with Gasteiger partial charge in [0, 0.05) is 8.80 Å². The molecule has 0 nitrogen and oxygen atoms in total. The molecule has 0 aliphatic carbocycles. The van der Waals surface area contributed by atoms with E-state index in [1.807, 2.05) is 12.1 Å². The number of hydrogen-bond donors (Lipinski definition) is 0. The van der Waals surface area contributed by atoms with Gasteiger partial charge in [-0.05, 0) is 36.5 Å². The van der Waals surface area contributed by atoms with Crippen molar-refractivity contribution in [1.82, 2.24) is 0 Å². The molecule has 1 radical (unpaired) electrons. The molecule has 20 heavy (non-hydrogen) atoms. The molecule has 1 aromatic rings. The summed E-state index contributed by atoms with van der Waals surface area (Å²) in [4.78, 5) is 0. The lowest BCUT2D eigenvalue weighted by Crippen LogP contribution is -2.21. The standard InChI is InChI=1S/C18H28FSi/c1-2-3-4-13-20-14-11-17(12-15-20)6-5-16-7-9-18(19)10-8-16/h7-10,17H,2-6,11-15H2,1H3. The Morgan fingerprint density at radius 2 is 1.80 bits per heavy atom. The summed E-state index contributed by atoms with van der Waals surface area (Å²) < 4.78 is 12.9. The van der Waals surface area contributed by atoms with Crippen LogP contribution in [0.2, 0.25) is 18.1 Å². The second-order valence-corrected chi connectivity index (χ2v) is 9.32. The van der Waals surface area contributed by atoms with Crippen LogP contribution in [0.25, 0.3) is 0 Å². The smallest absolute Gasteiger partial charge is 0.123 e. The van der Waals surface area contributed by atoms with Crippen LogP contribution in [-0.2, 0) is 6.42 Å². The van der Waals surface area contributed by atoms with Crippen molar-refractivity contribution in [2.45, 2.75) is 70.0 Å². The van der Waals surface area contributed by atoms with Gasteiger partial charge in [-0.15, -0.1) is 0 Å². The lowest BCUT2D eigenvalue weighted by Gasteiger charge is -2.27. The summed E-state index contributed by atoms with van der Waals surface area (Å²) in [5.74, 6) is 0.811. The molecule has 0 saturated carbocycles. The van der Waals surface area contributed by atoms with Crippen molar-refractivity contribution in [2.75, 3.05) is 0 Å². The van der Waals surface area contributed by atoms with E-state index in [9.17, 15) is 4.39 Å². The van der Waals surface area contributed by atoms with Crippen LogP contribution in [0.4, 0.5) is 4.39 Å². The van der Waals surface area contributed by atoms with Crippen LogP contribution in [-0.4, -0.2) is 8.80 Å². The Hall–Kier alpha value is -0.633. The molecule has 2 heteroatoms. The van der Waals surface area contributed by atoms with Gasteiger partial charge in [-0.1, -0.05) is 69.3 Å². The minimum Gasteiger partial charge on any atom is -0.207 e. The lowest BCUT2D eigenvalue weighted by atomic mass is 9.94. The summed E-state index contributed by atoms with van der Waals surface area (Å²) in [5, 5.41) is 0. The second kappa shape index (κ2) is 8.61. The predicted molar refractivity (Wildman–Crippen MR) is 87.1 cm³/mol. The molecule has 0 atom stereocenters. The Balaban J connectivity index is 1.63. The van der Waals surface area contributed by atoms with Crippen molar-refractivity contribution in [3.8, 4) is 0 Å². The zero-order chi connectivity index (χ0) is 14.2. The predicted octanol–water partition coefficient (Wildman–Crippen LogP) is 5.85. The number of hydrogen-bond acceptors (Lipinski definition) is 0. The second-order valence-electron chi connectivity index (χ2n) is 6.32. The van der Waals surface area contributed by atoms with Crippen LogP contribution >= 0.6 is 0 Å². The van der Waals surface area contributed by atoms with Crippen LogP contribution in [0.15, 0.2) is 24.3 Å². The molecule has 0 spiro atoms. The van der Waals surface area contributed by atoms with Crippen molar-refractivity contribution in [3.63, 3.8) is 0 Å². The largest absolute Gasteiger partial charge is 0.207 e. The third-order valence-electron chi connectivity index (χ3n) is 4.70. The molecule has 2 rings (SSSR count). The molecule has 1 aliphatic heterocycles. The van der Waals surface area contributed by atoms with Crippen LogP contribution in [0.1, 0.15) is 51.0 Å². The van der Waals surface area contributed by atoms with E-state index in [0.29, 0.717) is 0 Å². The Bertz CT molecular complexity index is 366. The fraction of sp³-hybridized carbons (Fsp3) is 0.667. The van der Waals surface area contributed by atoms with E-state index in [-0.39, 0.29) is 14.6 Å². The molecule has 1 fully saturated rings. The SMILES string of the molecule is CCCCC[Si]1CCC(CCc2ccc(F)cc2)CC1. The minimum absolute atomic E-state index is 0.00989. The first kappa shape index (κ1) is 15.8. The van der Waals surface area contributed by atoms with Crippen LogP contribution in [0.5, 0.6) is 0 Å². The van der Waals surface area contributed by atoms with Gasteiger partial charge in [0.15, 0.2) is 0 Å². The Labute approximate surface area is 125 Å². The van der Waals surface area contributed by atoms with Crippen LogP contribution in [0.3, 0.4) is 0 Å². The Kier molecular flexibility index (Phi) is 6.78. The minimum atomic E-state index is -0.120. The van der Waals surface area contributed by atoms with Gasteiger partial charge in [-0.3, -0.25) is 0 Å². The maximum absolute atomic E-state index is 12.9. The highest BCUT2D eigenvalue weighted by molar-refractivity contribution is 6.58. The zero-order valence-corrected chi connectivity index (χ0v) is 13.8. The quantitative estimate of drug-likeness (QED) is 0.436. The highest BCUT2D eigenvalue weighted by atomic mass is 28.3. The molecule has 1 saturated heterocycles. The van der Waals surface area contributed by atoms with Crippen molar-refractivity contribution in [2.24, 2.45) is 5.92 Å². The van der Waals surface area contributed by atoms with Gasteiger partial charge in [-0.25, -0.2) is 4.39 Å². The van der Waals surface area contributed by atoms with Crippen molar-refractivity contribution < 1.29 is 4.39 Å². The maximum Gasteiger partial charge on any atom is 0.123 e. The summed E-state index contributed by atoms with van der Waals surface area (Å²) in [6.45, 7) is 2.30. The molecular weight excluding hydrogens is 263 g/mol. The summed E-state index contributed by atoms with van der Waals surface area (Å²) in [6, 6.07) is 11.7. The average molecular weight is 292 g/mol. The highest BCUT2D eigenvalue weighted by Crippen LogP contribution is 2.31. The molecule has 0 aromatic heterocycles. The van der Waals surface area contributed by atoms with E-state index >= 15 is 0 Å². The van der Waals surface area contributed by atoms with Gasteiger partial charge >= 0.3 is 0 Å². The first-order chi connectivity index (χ1) is 9.78. The summed E-state index contributed by atoms with van der Waals surface area (Å²) in [7, 11) is 0.00989. The van der Waals surface area contributed by atoms with E-state index in [2.05, 4.69) is 6.92 Å². The highest BCUT2D eigenvalue weighted by Gasteiger charge is 2.21. The number of halogens is 1. The molecule has 0 N–H and O–H groups in total. The van der Waals surface area contributed by atoms with E-state index in [1.165, 1.54) is 44.1 Å². The molecule has 0 bridgehead atoms. The van der Waals surface area contributed by atoms with Crippen molar-refractivity contribution in [3.05, 3.63) is 35.6 Å². The van der Waals surface area contributed by atoms with Gasteiger partial charge in [0.25, 0.3) is 0 Å². The molecule has 0 unspecified atom stereocenters. The topological polar surface area (TPSA) is 0 Å². The van der Waals surface area contributed by atoms with Crippen LogP contribution in [0, 0.1) is 11.7 Å². The third kappa shape index (κ3) is 5.39. The number of rotatable bonds is 7. The first-order valence-electron chi connectivity index (χ1n) is 8.36. The van der Waals surface area contributed by atoms with Crippen molar-refractivity contribution >= 4 is 8.80 Å². The molecule has 1 aliphatic rings. The third-order valence-corrected chi connectivity index (χ3v) is 7.75. The van der Waals surface area contributed by atoms with E-state index in [4.69, 9.17) is 0 Å². The molecule has 1 heterocycles. The Morgan fingerprint density at radius 3 is 2.45 bits per heavy atom. The average Bonchev–Trinajstić information content (AvgIpc) is 2.48. The fourth-order valence-electron chi connectivity index (χ4n) is 3.27. The van der Waals surface area contributed by atoms with Gasteiger partial charge in [0.05, 0.1) is 0 Å². The lowest BCUT2D eigenvalue weighted by molar-refractivity contribution is 0.437. The van der Waals surface area contributed by atoms with E-state index in [0.717, 1.165) is 12.3 Å². The maximum atomic E-state index is 12.9. The number of benzene rings is 1. The van der Waals surface area contributed by atoms with E-state index in [1.54, 1.807) is 30.3 Å². The summed E-state index contributed by atoms with van der Waals surface area (Å²) in [6.07, 6.45) is 9.62. The number of unbranched alkanes of at least 4 members (excludes halogenated alkanes) is 2. The van der Waals surface area contributed by atoms with E-state index < -0.39 is 0 Å². The summed E-state index contributed by atoms with van der Waals surface area (Å²) >= 11 is 0. The number of aryl methyl sites for hydroxylation is 1. The van der Waals surface area contributed by atoms with Gasteiger partial charge in [-0.2, -0.15) is 0 Å². The monoisotopic (exact) mass is 291 g/mol. The molecule has 1 aromatic carbocycles. The van der Waals surface area contributed by atoms with Gasteiger partial charge < -0.3 is 0 Å². The van der Waals surface area contributed by atoms with Crippen molar-refractivity contribution in [1.29, 1.82) is 0 Å². The van der Waals surface area contributed by atoms with Crippen LogP contribution < -0.4 is 0 Å². The zero-order valence-electron chi connectivity index (χ0n) is 12.8. The molecular formula is C18H28FSi. The fourth-order valence-corrected chi connectivity index (χ4v) is 6.40.